The monoisotopic (exact) mass is 425 g/mol. The molecule has 2 aliphatic heterocycles. The first-order valence-electron chi connectivity index (χ1n) is 11.0. The number of para-hydroxylation sites is 1. The minimum atomic E-state index is -0.665. The van der Waals surface area contributed by atoms with E-state index in [1.165, 1.54) is 0 Å². The van der Waals surface area contributed by atoms with Gasteiger partial charge in [-0.3, -0.25) is 14.6 Å². The number of rotatable bonds is 5. The Morgan fingerprint density at radius 1 is 1.26 bits per heavy atom. The zero-order chi connectivity index (χ0) is 22.2. The number of ether oxygens (including phenoxy) is 3. The fraction of sp³-hybridized carbons (Fsp3) is 0.560. The van der Waals surface area contributed by atoms with Crippen molar-refractivity contribution in [3.63, 3.8) is 0 Å². The Morgan fingerprint density at radius 2 is 2.03 bits per heavy atom. The third kappa shape index (κ3) is 4.31. The summed E-state index contributed by atoms with van der Waals surface area (Å²) in [5, 5.41) is 0. The molecule has 1 unspecified atom stereocenters. The number of methoxy groups -OCH3 is 1. The summed E-state index contributed by atoms with van der Waals surface area (Å²) in [5.41, 5.74) is 2.76. The minimum absolute atomic E-state index is 0.0512. The lowest BCUT2D eigenvalue weighted by Crippen LogP contribution is -2.40. The fourth-order valence-corrected chi connectivity index (χ4v) is 5.05. The molecule has 0 saturated carbocycles. The molecule has 0 spiro atoms. The third-order valence-electron chi connectivity index (χ3n) is 6.47. The number of esters is 1. The Hall–Kier alpha value is -2.47. The van der Waals surface area contributed by atoms with Crippen molar-refractivity contribution in [2.75, 3.05) is 20.3 Å². The lowest BCUT2D eigenvalue weighted by atomic mass is 9.66. The summed E-state index contributed by atoms with van der Waals surface area (Å²) in [6.07, 6.45) is 2.96. The van der Waals surface area contributed by atoms with E-state index in [0.717, 1.165) is 24.1 Å². The SMILES string of the molecule is COc1ccccc1[C@@H]1C2=C(CC(C)(C)CC2=O)N=C(C)C1C(=O)OC[C@H]1CCCO1. The van der Waals surface area contributed by atoms with Crippen molar-refractivity contribution in [3.8, 4) is 5.75 Å². The van der Waals surface area contributed by atoms with Crippen LogP contribution in [-0.2, 0) is 19.1 Å². The number of ketones is 1. The van der Waals surface area contributed by atoms with E-state index in [1.54, 1.807) is 7.11 Å². The number of benzene rings is 1. The van der Waals surface area contributed by atoms with Crippen LogP contribution in [0.5, 0.6) is 5.75 Å². The van der Waals surface area contributed by atoms with Gasteiger partial charge in [0.05, 0.1) is 13.2 Å². The van der Waals surface area contributed by atoms with Gasteiger partial charge in [-0.15, -0.1) is 0 Å². The van der Waals surface area contributed by atoms with Crippen LogP contribution < -0.4 is 4.74 Å². The van der Waals surface area contributed by atoms with Gasteiger partial charge in [-0.1, -0.05) is 32.0 Å². The summed E-state index contributed by atoms with van der Waals surface area (Å²) in [6.45, 7) is 6.96. The van der Waals surface area contributed by atoms with Gasteiger partial charge >= 0.3 is 5.97 Å². The maximum atomic E-state index is 13.3. The van der Waals surface area contributed by atoms with E-state index in [1.807, 2.05) is 31.2 Å². The van der Waals surface area contributed by atoms with Crippen LogP contribution in [0.3, 0.4) is 0 Å². The van der Waals surface area contributed by atoms with E-state index in [2.05, 4.69) is 13.8 Å². The molecule has 1 saturated heterocycles. The lowest BCUT2D eigenvalue weighted by Gasteiger charge is -2.39. The number of hydrogen-bond acceptors (Lipinski definition) is 6. The van der Waals surface area contributed by atoms with Crippen LogP contribution in [0.1, 0.15) is 57.9 Å². The van der Waals surface area contributed by atoms with Crippen LogP contribution >= 0.6 is 0 Å². The molecule has 1 aromatic carbocycles. The number of Topliss-reactive ketones (excluding diaryl/α,β-unsaturated/α-hetero) is 1. The van der Waals surface area contributed by atoms with Crippen LogP contribution in [0.4, 0.5) is 0 Å². The van der Waals surface area contributed by atoms with Crippen molar-refractivity contribution < 1.29 is 23.8 Å². The smallest absolute Gasteiger partial charge is 0.315 e. The average Bonchev–Trinajstić information content (AvgIpc) is 3.23. The van der Waals surface area contributed by atoms with Crippen molar-refractivity contribution >= 4 is 17.5 Å². The molecule has 6 heteroatoms. The highest BCUT2D eigenvalue weighted by Crippen LogP contribution is 2.49. The average molecular weight is 426 g/mol. The Balaban J connectivity index is 1.75. The van der Waals surface area contributed by atoms with Crippen molar-refractivity contribution in [2.45, 2.75) is 58.5 Å². The summed E-state index contributed by atoms with van der Waals surface area (Å²) in [6, 6.07) is 7.59. The van der Waals surface area contributed by atoms with Crippen molar-refractivity contribution in [3.05, 3.63) is 41.1 Å². The van der Waals surface area contributed by atoms with Crippen molar-refractivity contribution in [2.24, 2.45) is 16.3 Å². The van der Waals surface area contributed by atoms with Gasteiger partial charge in [0.15, 0.2) is 5.78 Å². The highest BCUT2D eigenvalue weighted by atomic mass is 16.6. The zero-order valence-corrected chi connectivity index (χ0v) is 18.8. The molecule has 4 rings (SSSR count). The number of allylic oxidation sites excluding steroid dienone is 2. The Morgan fingerprint density at radius 3 is 2.74 bits per heavy atom. The van der Waals surface area contributed by atoms with Gasteiger partial charge in [-0.2, -0.15) is 0 Å². The van der Waals surface area contributed by atoms with Gasteiger partial charge < -0.3 is 14.2 Å². The van der Waals surface area contributed by atoms with Gasteiger partial charge in [-0.05, 0) is 37.7 Å². The highest BCUT2D eigenvalue weighted by Gasteiger charge is 2.47. The lowest BCUT2D eigenvalue weighted by molar-refractivity contribution is -0.149. The number of hydrogen-bond donors (Lipinski definition) is 0. The summed E-state index contributed by atoms with van der Waals surface area (Å²) >= 11 is 0. The molecule has 1 fully saturated rings. The summed E-state index contributed by atoms with van der Waals surface area (Å²) in [5.74, 6) is -0.790. The number of carbonyl (C=O) groups is 2. The Kier molecular flexibility index (Phi) is 6.02. The van der Waals surface area contributed by atoms with Crippen molar-refractivity contribution in [1.29, 1.82) is 0 Å². The quantitative estimate of drug-likeness (QED) is 0.660. The molecule has 0 bridgehead atoms. The van der Waals surface area contributed by atoms with Gasteiger partial charge in [0.1, 0.15) is 18.3 Å². The molecule has 0 radical (unpaired) electrons. The second kappa shape index (κ2) is 8.58. The molecule has 0 aromatic heterocycles. The second-order valence-corrected chi connectivity index (χ2v) is 9.52. The third-order valence-corrected chi connectivity index (χ3v) is 6.47. The van der Waals surface area contributed by atoms with E-state index in [0.29, 0.717) is 36.5 Å². The molecule has 6 nitrogen and oxygen atoms in total. The minimum Gasteiger partial charge on any atom is -0.496 e. The van der Waals surface area contributed by atoms with E-state index >= 15 is 0 Å². The molecule has 31 heavy (non-hydrogen) atoms. The number of nitrogens with zero attached hydrogens (tertiary/aromatic N) is 1. The van der Waals surface area contributed by atoms with Crippen LogP contribution in [-0.4, -0.2) is 43.9 Å². The van der Waals surface area contributed by atoms with Crippen LogP contribution in [0.2, 0.25) is 0 Å². The van der Waals surface area contributed by atoms with E-state index < -0.39 is 11.8 Å². The molecule has 0 amide bonds. The maximum Gasteiger partial charge on any atom is 0.315 e. The largest absolute Gasteiger partial charge is 0.496 e. The first-order valence-corrected chi connectivity index (χ1v) is 11.0. The molecular formula is C25H31NO5. The molecule has 1 aliphatic carbocycles. The molecule has 1 aromatic rings. The van der Waals surface area contributed by atoms with E-state index in [9.17, 15) is 9.59 Å². The first-order chi connectivity index (χ1) is 14.8. The normalized spacial score (nSPS) is 27.5. The molecule has 3 aliphatic rings. The van der Waals surface area contributed by atoms with Gasteiger partial charge in [0, 0.05) is 41.5 Å². The number of carbonyl (C=O) groups excluding carboxylic acids is 2. The summed E-state index contributed by atoms with van der Waals surface area (Å²) in [7, 11) is 1.61. The van der Waals surface area contributed by atoms with Gasteiger partial charge in [-0.25, -0.2) is 0 Å². The molecule has 3 atom stereocenters. The van der Waals surface area contributed by atoms with Gasteiger partial charge in [0.2, 0.25) is 0 Å². The zero-order valence-electron chi connectivity index (χ0n) is 18.8. The molecule has 2 heterocycles. The Labute approximate surface area is 183 Å². The summed E-state index contributed by atoms with van der Waals surface area (Å²) < 4.78 is 16.9. The predicted molar refractivity (Wildman–Crippen MR) is 117 cm³/mol. The van der Waals surface area contributed by atoms with Crippen molar-refractivity contribution in [1.82, 2.24) is 0 Å². The first kappa shape index (κ1) is 21.8. The number of aliphatic imine (C=N–C) groups is 1. The summed E-state index contributed by atoms with van der Waals surface area (Å²) in [4.78, 5) is 31.4. The molecule has 0 N–H and O–H groups in total. The second-order valence-electron chi connectivity index (χ2n) is 9.52. The van der Waals surface area contributed by atoms with Gasteiger partial charge in [0.25, 0.3) is 0 Å². The molecular weight excluding hydrogens is 394 g/mol. The van der Waals surface area contributed by atoms with E-state index in [4.69, 9.17) is 19.2 Å². The predicted octanol–water partition coefficient (Wildman–Crippen LogP) is 4.23. The topological polar surface area (TPSA) is 74.2 Å². The highest BCUT2D eigenvalue weighted by molar-refractivity contribution is 6.09. The van der Waals surface area contributed by atoms with Crippen LogP contribution in [0.15, 0.2) is 40.5 Å². The maximum absolute atomic E-state index is 13.3. The van der Waals surface area contributed by atoms with E-state index in [-0.39, 0.29) is 29.9 Å². The fourth-order valence-electron chi connectivity index (χ4n) is 5.05. The molecule has 166 valence electrons. The van der Waals surface area contributed by atoms with Crippen LogP contribution in [0, 0.1) is 11.3 Å². The van der Waals surface area contributed by atoms with Crippen LogP contribution in [0.25, 0.3) is 0 Å². The standard InChI is InChI=1S/C25H31NO5/c1-15-21(24(28)31-14-16-8-7-11-30-16)22(17-9-5-6-10-20(17)29-4)23-18(26-15)12-25(2,3)13-19(23)27/h5-6,9-10,16,21-22H,7-8,11-14H2,1-4H3/t16-,21?,22+/m1/s1. The Bertz CT molecular complexity index is 939.